The predicted molar refractivity (Wildman–Crippen MR) is 221 cm³/mol. The van der Waals surface area contributed by atoms with E-state index in [1.807, 2.05) is 60.7 Å². The molecule has 0 aromatic carbocycles. The number of methoxy groups -OCH3 is 1. The van der Waals surface area contributed by atoms with Gasteiger partial charge in [0.2, 0.25) is 0 Å². The molecule has 3 fully saturated rings. The highest BCUT2D eigenvalue weighted by atomic mass is 16.7. The van der Waals surface area contributed by atoms with E-state index in [-0.39, 0.29) is 37.3 Å². The van der Waals surface area contributed by atoms with Crippen LogP contribution in [0.4, 0.5) is 0 Å². The zero-order chi connectivity index (χ0) is 44.8. The number of carbonyl (C=O) groups excluding carboxylic acids is 2. The summed E-state index contributed by atoms with van der Waals surface area (Å²) in [5.41, 5.74) is 1.47. The molecular weight excluding hydrogens is 766 g/mol. The zero-order valence-corrected chi connectivity index (χ0v) is 38.7. The predicted octanol–water partition coefficient (Wildman–Crippen LogP) is 2.84. The minimum atomic E-state index is -1.81. The van der Waals surface area contributed by atoms with Gasteiger partial charge >= 0.3 is 11.9 Å². The minimum absolute atomic E-state index is 0.0849. The second-order valence-electron chi connectivity index (χ2n) is 18.7. The molecule has 18 atom stereocenters. The van der Waals surface area contributed by atoms with Gasteiger partial charge in [-0.15, -0.1) is 0 Å². The van der Waals surface area contributed by atoms with Crippen molar-refractivity contribution in [1.29, 1.82) is 0 Å². The minimum Gasteiger partial charge on any atom is -0.459 e. The van der Waals surface area contributed by atoms with Crippen LogP contribution in [0.3, 0.4) is 0 Å². The summed E-state index contributed by atoms with van der Waals surface area (Å²) in [6.45, 7) is 20.5. The highest BCUT2D eigenvalue weighted by Gasteiger charge is 2.54. The van der Waals surface area contributed by atoms with Gasteiger partial charge in [0.1, 0.15) is 29.5 Å². The Morgan fingerprint density at radius 2 is 1.64 bits per heavy atom. The molecule has 5 N–H and O–H groups in total. The van der Waals surface area contributed by atoms with Crippen molar-refractivity contribution < 1.29 is 62.8 Å². The molecule has 16 nitrogen and oxygen atoms in total. The maximum atomic E-state index is 14.5. The number of carbonyl (C=O) groups is 2. The summed E-state index contributed by atoms with van der Waals surface area (Å²) in [6, 6.07) is -0.629. The van der Waals surface area contributed by atoms with E-state index in [0.29, 0.717) is 32.5 Å². The van der Waals surface area contributed by atoms with Crippen molar-refractivity contribution in [3.05, 3.63) is 0 Å². The summed E-state index contributed by atoms with van der Waals surface area (Å²) in [6.07, 6.45) is -6.55. The molecular formula is C43H81N3O13. The van der Waals surface area contributed by atoms with Crippen molar-refractivity contribution in [2.75, 3.05) is 47.9 Å². The van der Waals surface area contributed by atoms with Crippen LogP contribution in [0.25, 0.3) is 0 Å². The summed E-state index contributed by atoms with van der Waals surface area (Å²) in [5.74, 6) is -3.07. The Morgan fingerprint density at radius 1 is 1.00 bits per heavy atom. The lowest BCUT2D eigenvalue weighted by Crippen LogP contribution is -2.61. The Balaban J connectivity index is 2.23. The fourth-order valence-corrected chi connectivity index (χ4v) is 9.59. The number of esters is 2. The summed E-state index contributed by atoms with van der Waals surface area (Å²) in [5, 5.41) is 36.3. The summed E-state index contributed by atoms with van der Waals surface area (Å²) < 4.78 is 51.1. The Labute approximate surface area is 354 Å². The molecule has 0 aromatic heterocycles. The van der Waals surface area contributed by atoms with E-state index in [1.54, 1.807) is 27.7 Å². The quantitative estimate of drug-likeness (QED) is 0.165. The highest BCUT2D eigenvalue weighted by molar-refractivity contribution is 5.73. The molecule has 0 radical (unpaired) electrons. The van der Waals surface area contributed by atoms with Crippen LogP contribution >= 0.6 is 0 Å². The topological polar surface area (TPSA) is 201 Å². The van der Waals surface area contributed by atoms with Crippen molar-refractivity contribution in [2.24, 2.45) is 23.5 Å². The van der Waals surface area contributed by atoms with Crippen molar-refractivity contribution >= 4 is 11.9 Å². The van der Waals surface area contributed by atoms with Crippen LogP contribution in [-0.2, 0) is 47.5 Å². The van der Waals surface area contributed by atoms with Gasteiger partial charge in [-0.05, 0) is 108 Å². The monoisotopic (exact) mass is 848 g/mol. The molecule has 3 rings (SSSR count). The first-order valence-corrected chi connectivity index (χ1v) is 21.7. The van der Waals surface area contributed by atoms with Crippen molar-refractivity contribution in [3.8, 4) is 0 Å². The zero-order valence-electron chi connectivity index (χ0n) is 38.7. The third-order valence-corrected chi connectivity index (χ3v) is 13.1. The summed E-state index contributed by atoms with van der Waals surface area (Å²) in [4.78, 5) is 30.6. The molecule has 3 heterocycles. The number of hydrogen-bond donors (Lipinski definition) is 4. The molecule has 0 unspecified atom stereocenters. The van der Waals surface area contributed by atoms with Gasteiger partial charge in [0, 0.05) is 51.6 Å². The number of cyclic esters (lactones) is 1. The fourth-order valence-electron chi connectivity index (χ4n) is 9.59. The lowest BCUT2D eigenvalue weighted by molar-refractivity contribution is -0.321. The number of ether oxygens (including phenoxy) is 8. The van der Waals surface area contributed by atoms with Crippen LogP contribution in [0.15, 0.2) is 0 Å². The number of nitrogens with two attached hydrogens (primary N) is 1. The van der Waals surface area contributed by atoms with Gasteiger partial charge in [-0.1, -0.05) is 20.8 Å². The third-order valence-electron chi connectivity index (χ3n) is 13.1. The molecule has 0 aliphatic carbocycles. The van der Waals surface area contributed by atoms with Gasteiger partial charge in [0.15, 0.2) is 18.7 Å². The fraction of sp³-hybridized carbons (Fsp3) is 0.953. The second-order valence-corrected chi connectivity index (χ2v) is 18.7. The average Bonchev–Trinajstić information content (AvgIpc) is 3.14. The van der Waals surface area contributed by atoms with Gasteiger partial charge in [-0.3, -0.25) is 9.59 Å². The van der Waals surface area contributed by atoms with E-state index < -0.39 is 102 Å². The number of aliphatic hydroxyl groups is 3. The normalized spacial score (nSPS) is 45.0. The Morgan fingerprint density at radius 3 is 2.20 bits per heavy atom. The molecule has 0 amide bonds. The van der Waals surface area contributed by atoms with Gasteiger partial charge in [0.05, 0.1) is 35.9 Å². The summed E-state index contributed by atoms with van der Waals surface area (Å²) in [7, 11) is 7.36. The molecule has 3 aliphatic rings. The van der Waals surface area contributed by atoms with Gasteiger partial charge in [0.25, 0.3) is 0 Å². The highest BCUT2D eigenvalue weighted by Crippen LogP contribution is 2.41. The first kappa shape index (κ1) is 51.8. The maximum absolute atomic E-state index is 14.5. The number of aliphatic hydroxyl groups excluding tert-OH is 1. The van der Waals surface area contributed by atoms with E-state index in [0.717, 1.165) is 0 Å². The molecule has 16 heteroatoms. The molecule has 0 aromatic rings. The Kier molecular flexibility index (Phi) is 19.1. The SMILES string of the molecule is CC[C@H]1OC(=O)[C@H](C)[C@@H](O[C@H]2C[C@@](C)(OC)[C@@H](OC(C)=O)[C@H](C)O2)[C@H](C)[C@@H](O[C@@H]2O[C@H](C)C[C@H](N(C)C)[C@H]2OCCCN)[C@](C)(O)C[C@@H](C)CN(C)[C@H](C)[C@@H](O)[C@]1(C)O. The van der Waals surface area contributed by atoms with Gasteiger partial charge in [-0.25, -0.2) is 0 Å². The number of rotatable bonds is 12. The van der Waals surface area contributed by atoms with E-state index in [9.17, 15) is 24.9 Å². The van der Waals surface area contributed by atoms with Crippen molar-refractivity contribution in [1.82, 2.24) is 9.80 Å². The van der Waals surface area contributed by atoms with Gasteiger partial charge < -0.3 is 68.7 Å². The van der Waals surface area contributed by atoms with E-state index >= 15 is 0 Å². The van der Waals surface area contributed by atoms with Crippen LogP contribution in [0.2, 0.25) is 0 Å². The van der Waals surface area contributed by atoms with Crippen LogP contribution in [0, 0.1) is 17.8 Å². The van der Waals surface area contributed by atoms with Crippen molar-refractivity contribution in [3.63, 3.8) is 0 Å². The lowest BCUT2D eigenvalue weighted by atomic mass is 9.77. The molecule has 0 bridgehead atoms. The summed E-state index contributed by atoms with van der Waals surface area (Å²) >= 11 is 0. The lowest BCUT2D eigenvalue weighted by Gasteiger charge is -2.49. The number of hydrogen-bond acceptors (Lipinski definition) is 16. The Bertz CT molecular complexity index is 1320. The smallest absolute Gasteiger partial charge is 0.311 e. The standard InChI is InChI=1S/C43H81N3O13/c1-16-32-43(11,51)36(48)28(6)46(14)23-24(2)21-41(9,50)37(59-40-35(53-19-17-18-44)31(45(12)13)20-25(3)54-40)26(4)34(27(5)39(49)57-32)58-33-22-42(10,52-15)38(29(7)55-33)56-30(8)47/h24-29,31-38,40,48,50-51H,16-23,44H2,1-15H3/t24-,25-,26+,27-,28-,29+,31+,32-,33+,34+,35-,36-,37-,38+,40+,41-,42-,43-/m1/s1. The van der Waals surface area contributed by atoms with Gasteiger partial charge in [-0.2, -0.15) is 0 Å². The van der Waals surface area contributed by atoms with Crippen LogP contribution < -0.4 is 5.73 Å². The van der Waals surface area contributed by atoms with E-state index in [4.69, 9.17) is 43.6 Å². The largest absolute Gasteiger partial charge is 0.459 e. The van der Waals surface area contributed by atoms with E-state index in [1.165, 1.54) is 21.0 Å². The second kappa shape index (κ2) is 21.7. The first-order valence-electron chi connectivity index (χ1n) is 21.7. The third kappa shape index (κ3) is 12.8. The first-order chi connectivity index (χ1) is 27.3. The maximum Gasteiger partial charge on any atom is 0.311 e. The molecule has 3 aliphatic heterocycles. The molecule has 0 spiro atoms. The van der Waals surface area contributed by atoms with Crippen molar-refractivity contribution in [2.45, 2.75) is 199 Å². The number of nitrogens with zero attached hydrogens (tertiary/aromatic N) is 2. The molecule has 0 saturated carbocycles. The van der Waals surface area contributed by atoms with Crippen LogP contribution in [0.5, 0.6) is 0 Å². The molecule has 346 valence electrons. The van der Waals surface area contributed by atoms with Crippen LogP contribution in [-0.4, -0.2) is 175 Å². The number of likely N-dealkylation sites (N-methyl/N-ethyl adjacent to an activating group) is 2. The average molecular weight is 848 g/mol. The van der Waals surface area contributed by atoms with Crippen LogP contribution in [0.1, 0.15) is 108 Å². The van der Waals surface area contributed by atoms with E-state index in [2.05, 4.69) is 4.90 Å². The Hall–Kier alpha value is -1.54. The molecule has 59 heavy (non-hydrogen) atoms. The molecule has 3 saturated heterocycles.